The monoisotopic (exact) mass is 189 g/mol. The standard InChI is InChI=1S/C8H15NS2/c1-6-5-8(10)9-7(6)3-4-11-2/h7-10H,1,3-5H2,2H3/t7-,8?/m0/s1. The number of hydrogen-bond donors (Lipinski definition) is 2. The molecule has 0 saturated carbocycles. The van der Waals surface area contributed by atoms with Crippen molar-refractivity contribution < 1.29 is 0 Å². The molecule has 2 atom stereocenters. The molecule has 0 spiro atoms. The molecule has 0 radical (unpaired) electrons. The number of hydrogen-bond acceptors (Lipinski definition) is 3. The van der Waals surface area contributed by atoms with Crippen molar-refractivity contribution in [3.8, 4) is 0 Å². The average Bonchev–Trinajstić information content (AvgIpc) is 2.26. The van der Waals surface area contributed by atoms with E-state index < -0.39 is 0 Å². The number of thioether (sulfide) groups is 1. The topological polar surface area (TPSA) is 12.0 Å². The van der Waals surface area contributed by atoms with Gasteiger partial charge in [-0.1, -0.05) is 12.2 Å². The van der Waals surface area contributed by atoms with Gasteiger partial charge in [0.1, 0.15) is 0 Å². The van der Waals surface area contributed by atoms with E-state index in [1.807, 2.05) is 11.8 Å². The van der Waals surface area contributed by atoms with Gasteiger partial charge in [0, 0.05) is 6.04 Å². The van der Waals surface area contributed by atoms with Crippen LogP contribution in [0.5, 0.6) is 0 Å². The molecule has 1 aliphatic heterocycles. The van der Waals surface area contributed by atoms with Crippen molar-refractivity contribution in [2.75, 3.05) is 12.0 Å². The van der Waals surface area contributed by atoms with Crippen LogP contribution in [0.2, 0.25) is 0 Å². The molecule has 64 valence electrons. The Morgan fingerprint density at radius 1 is 1.82 bits per heavy atom. The van der Waals surface area contributed by atoms with Gasteiger partial charge in [0.2, 0.25) is 0 Å². The molecule has 0 aliphatic carbocycles. The van der Waals surface area contributed by atoms with Crippen molar-refractivity contribution >= 4 is 24.4 Å². The van der Waals surface area contributed by atoms with E-state index in [1.165, 1.54) is 17.7 Å². The Morgan fingerprint density at radius 3 is 3.00 bits per heavy atom. The van der Waals surface area contributed by atoms with Gasteiger partial charge >= 0.3 is 0 Å². The van der Waals surface area contributed by atoms with Gasteiger partial charge in [-0.2, -0.15) is 24.4 Å². The van der Waals surface area contributed by atoms with E-state index in [4.69, 9.17) is 0 Å². The van der Waals surface area contributed by atoms with E-state index in [2.05, 4.69) is 30.8 Å². The fourth-order valence-electron chi connectivity index (χ4n) is 1.32. The molecule has 0 aromatic rings. The Balaban J connectivity index is 2.29. The summed E-state index contributed by atoms with van der Waals surface area (Å²) in [4.78, 5) is 0. The molecular formula is C8H15NS2. The highest BCUT2D eigenvalue weighted by Crippen LogP contribution is 2.22. The second-order valence-electron chi connectivity index (χ2n) is 2.88. The number of nitrogens with one attached hydrogen (secondary N) is 1. The zero-order chi connectivity index (χ0) is 8.27. The van der Waals surface area contributed by atoms with E-state index in [-0.39, 0.29) is 0 Å². The Morgan fingerprint density at radius 2 is 2.55 bits per heavy atom. The minimum absolute atomic E-state index is 0.342. The summed E-state index contributed by atoms with van der Waals surface area (Å²) < 4.78 is 0. The molecule has 1 heterocycles. The summed E-state index contributed by atoms with van der Waals surface area (Å²) >= 11 is 6.24. The molecule has 0 amide bonds. The summed E-state index contributed by atoms with van der Waals surface area (Å²) in [5, 5.41) is 3.73. The largest absolute Gasteiger partial charge is 0.299 e. The summed E-state index contributed by atoms with van der Waals surface area (Å²) in [5.74, 6) is 1.21. The summed E-state index contributed by atoms with van der Waals surface area (Å²) in [5.41, 5.74) is 1.32. The van der Waals surface area contributed by atoms with Crippen LogP contribution in [0.25, 0.3) is 0 Å². The fourth-order valence-corrected chi connectivity index (χ4v) is 2.21. The van der Waals surface area contributed by atoms with E-state index >= 15 is 0 Å². The van der Waals surface area contributed by atoms with Crippen molar-refractivity contribution in [3.63, 3.8) is 0 Å². The molecule has 1 nitrogen and oxygen atoms in total. The van der Waals surface area contributed by atoms with Crippen LogP contribution in [-0.2, 0) is 0 Å². The smallest absolute Gasteiger partial charge is 0.0545 e. The highest BCUT2D eigenvalue weighted by Gasteiger charge is 2.23. The lowest BCUT2D eigenvalue weighted by Gasteiger charge is -2.10. The zero-order valence-corrected chi connectivity index (χ0v) is 8.55. The summed E-state index contributed by atoms with van der Waals surface area (Å²) in [6.45, 7) is 4.02. The van der Waals surface area contributed by atoms with Gasteiger partial charge in [-0.15, -0.1) is 0 Å². The lowest BCUT2D eigenvalue weighted by molar-refractivity contribution is 0.634. The third-order valence-electron chi connectivity index (χ3n) is 1.95. The zero-order valence-electron chi connectivity index (χ0n) is 6.84. The molecule has 1 rings (SSSR count). The van der Waals surface area contributed by atoms with Crippen molar-refractivity contribution in [2.45, 2.75) is 24.3 Å². The molecular weight excluding hydrogens is 174 g/mol. The molecule has 1 aliphatic rings. The first-order valence-corrected chi connectivity index (χ1v) is 5.75. The Labute approximate surface area is 78.4 Å². The van der Waals surface area contributed by atoms with Gasteiger partial charge in [0.25, 0.3) is 0 Å². The van der Waals surface area contributed by atoms with Crippen LogP contribution in [0.3, 0.4) is 0 Å². The molecule has 11 heavy (non-hydrogen) atoms. The van der Waals surface area contributed by atoms with Crippen LogP contribution in [0.1, 0.15) is 12.8 Å². The van der Waals surface area contributed by atoms with Crippen molar-refractivity contribution in [1.82, 2.24) is 5.32 Å². The summed E-state index contributed by atoms with van der Waals surface area (Å²) in [6, 6.07) is 0.518. The average molecular weight is 189 g/mol. The molecule has 0 bridgehead atoms. The maximum absolute atomic E-state index is 4.35. The first-order chi connectivity index (χ1) is 5.24. The summed E-state index contributed by atoms with van der Waals surface area (Å²) in [7, 11) is 0. The Hall–Kier alpha value is 0.400. The number of thiol groups is 1. The van der Waals surface area contributed by atoms with Crippen molar-refractivity contribution in [3.05, 3.63) is 12.2 Å². The third kappa shape index (κ3) is 2.73. The Kier molecular flexibility index (Phi) is 3.82. The maximum atomic E-state index is 4.35. The minimum atomic E-state index is 0.342. The van der Waals surface area contributed by atoms with Gasteiger partial charge in [-0.25, -0.2) is 0 Å². The van der Waals surface area contributed by atoms with Gasteiger partial charge in [-0.3, -0.25) is 5.32 Å². The molecule has 1 saturated heterocycles. The quantitative estimate of drug-likeness (QED) is 0.519. The van der Waals surface area contributed by atoms with Crippen LogP contribution in [0.4, 0.5) is 0 Å². The molecule has 0 aromatic heterocycles. The molecule has 0 aromatic carbocycles. The fraction of sp³-hybridized carbons (Fsp3) is 0.750. The SMILES string of the molecule is C=C1CC(S)N[C@H]1CCSC. The van der Waals surface area contributed by atoms with E-state index in [0.717, 1.165) is 6.42 Å². The predicted molar refractivity (Wildman–Crippen MR) is 56.5 cm³/mol. The normalized spacial score (nSPS) is 31.3. The van der Waals surface area contributed by atoms with Gasteiger partial charge in [0.05, 0.1) is 5.37 Å². The van der Waals surface area contributed by atoms with E-state index in [0.29, 0.717) is 11.4 Å². The predicted octanol–water partition coefficient (Wildman–Crippen LogP) is 1.91. The lowest BCUT2D eigenvalue weighted by atomic mass is 10.1. The van der Waals surface area contributed by atoms with E-state index in [1.54, 1.807) is 0 Å². The second kappa shape index (κ2) is 4.43. The van der Waals surface area contributed by atoms with Gasteiger partial charge in [0.15, 0.2) is 0 Å². The molecule has 1 fully saturated rings. The molecule has 1 N–H and O–H groups in total. The van der Waals surface area contributed by atoms with Crippen LogP contribution < -0.4 is 5.32 Å². The van der Waals surface area contributed by atoms with Crippen molar-refractivity contribution in [2.24, 2.45) is 0 Å². The Bertz CT molecular complexity index is 147. The van der Waals surface area contributed by atoms with Crippen LogP contribution >= 0.6 is 24.4 Å². The molecule has 3 heteroatoms. The van der Waals surface area contributed by atoms with Gasteiger partial charge in [-0.05, 0) is 24.9 Å². The second-order valence-corrected chi connectivity index (χ2v) is 4.49. The summed E-state index contributed by atoms with van der Waals surface area (Å²) in [6.07, 6.45) is 4.36. The van der Waals surface area contributed by atoms with Crippen LogP contribution in [0.15, 0.2) is 12.2 Å². The molecule has 1 unspecified atom stereocenters. The maximum Gasteiger partial charge on any atom is 0.0545 e. The van der Waals surface area contributed by atoms with Gasteiger partial charge < -0.3 is 0 Å². The first-order valence-electron chi connectivity index (χ1n) is 3.84. The van der Waals surface area contributed by atoms with Crippen molar-refractivity contribution in [1.29, 1.82) is 0 Å². The first kappa shape index (κ1) is 9.49. The number of rotatable bonds is 3. The lowest BCUT2D eigenvalue weighted by Crippen LogP contribution is -2.26. The van der Waals surface area contributed by atoms with Crippen LogP contribution in [0, 0.1) is 0 Å². The van der Waals surface area contributed by atoms with E-state index in [9.17, 15) is 0 Å². The van der Waals surface area contributed by atoms with Crippen LogP contribution in [-0.4, -0.2) is 23.4 Å². The highest BCUT2D eigenvalue weighted by atomic mass is 32.2. The highest BCUT2D eigenvalue weighted by molar-refractivity contribution is 7.98. The third-order valence-corrected chi connectivity index (χ3v) is 2.93. The minimum Gasteiger partial charge on any atom is -0.299 e.